The van der Waals surface area contributed by atoms with Crippen LogP contribution >= 0.6 is 0 Å². The van der Waals surface area contributed by atoms with E-state index in [1.54, 1.807) is 38.5 Å². The number of guanidine groups is 2. The van der Waals surface area contributed by atoms with Crippen molar-refractivity contribution in [3.05, 3.63) is 53.6 Å². The fourth-order valence-electron chi connectivity index (χ4n) is 4.43. The van der Waals surface area contributed by atoms with Crippen LogP contribution < -0.4 is 25.8 Å². The Morgan fingerprint density at radius 1 is 0.968 bits per heavy atom. The maximum absolute atomic E-state index is 13.2. The van der Waals surface area contributed by atoms with Gasteiger partial charge in [0.15, 0.2) is 17.3 Å². The Morgan fingerprint density at radius 2 is 1.68 bits per heavy atom. The third kappa shape index (κ3) is 3.81. The Labute approximate surface area is 181 Å². The lowest BCUT2D eigenvalue weighted by atomic mass is 9.87. The maximum atomic E-state index is 13.2. The topological polar surface area (TPSA) is 116 Å². The Balaban J connectivity index is 1.71. The van der Waals surface area contributed by atoms with E-state index in [4.69, 9.17) is 25.9 Å². The first-order valence-corrected chi connectivity index (χ1v) is 10.3. The van der Waals surface area contributed by atoms with Gasteiger partial charge in [-0.3, -0.25) is 9.69 Å². The van der Waals surface area contributed by atoms with Gasteiger partial charge < -0.3 is 20.9 Å². The van der Waals surface area contributed by atoms with E-state index in [0.717, 1.165) is 37.8 Å². The lowest BCUT2D eigenvalue weighted by Gasteiger charge is -2.45. The molecule has 0 radical (unpaired) electrons. The number of rotatable bonds is 5. The van der Waals surface area contributed by atoms with Crippen LogP contribution in [0.2, 0.25) is 0 Å². The van der Waals surface area contributed by atoms with E-state index in [-0.39, 0.29) is 11.7 Å². The van der Waals surface area contributed by atoms with Gasteiger partial charge in [-0.15, -0.1) is 0 Å². The van der Waals surface area contributed by atoms with Crippen molar-refractivity contribution in [2.75, 3.05) is 19.1 Å². The fourth-order valence-corrected chi connectivity index (χ4v) is 4.43. The van der Waals surface area contributed by atoms with E-state index in [1.165, 1.54) is 0 Å². The molecule has 0 atom stereocenters. The van der Waals surface area contributed by atoms with Crippen LogP contribution in [0.15, 0.2) is 52.4 Å². The van der Waals surface area contributed by atoms with Crippen LogP contribution in [0.25, 0.3) is 0 Å². The first kappa shape index (κ1) is 20.7. The Bertz CT molecular complexity index is 1060. The average Bonchev–Trinajstić information content (AvgIpc) is 2.78. The molecular formula is C23H27N5O3. The molecule has 2 aliphatic rings. The lowest BCUT2D eigenvalue weighted by Crippen LogP contribution is -2.58. The summed E-state index contributed by atoms with van der Waals surface area (Å²) in [4.78, 5) is 24.0. The van der Waals surface area contributed by atoms with Crippen molar-refractivity contribution in [3.63, 3.8) is 0 Å². The number of carbonyl (C=O) groups excluding carboxylic acids is 1. The second-order valence-electron chi connectivity index (χ2n) is 7.77. The minimum Gasteiger partial charge on any atom is -0.493 e. The van der Waals surface area contributed by atoms with Gasteiger partial charge in [0.1, 0.15) is 5.66 Å². The van der Waals surface area contributed by atoms with Crippen LogP contribution in [0.5, 0.6) is 11.5 Å². The predicted octanol–water partition coefficient (Wildman–Crippen LogP) is 3.04. The van der Waals surface area contributed by atoms with Crippen LogP contribution in [0.3, 0.4) is 0 Å². The second kappa shape index (κ2) is 8.29. The van der Waals surface area contributed by atoms with Crippen LogP contribution in [0.1, 0.15) is 48.0 Å². The van der Waals surface area contributed by atoms with E-state index < -0.39 is 5.66 Å². The number of methoxy groups -OCH3 is 2. The Kier molecular flexibility index (Phi) is 5.54. The van der Waals surface area contributed by atoms with Gasteiger partial charge in [0, 0.05) is 16.8 Å². The number of carbonyl (C=O) groups is 1. The van der Waals surface area contributed by atoms with Gasteiger partial charge in [-0.05, 0) is 56.0 Å². The van der Waals surface area contributed by atoms with Crippen molar-refractivity contribution in [1.82, 2.24) is 0 Å². The lowest BCUT2D eigenvalue weighted by molar-refractivity contribution is 0.103. The average molecular weight is 422 g/mol. The van der Waals surface area contributed by atoms with E-state index in [9.17, 15) is 4.79 Å². The molecule has 4 rings (SSSR count). The van der Waals surface area contributed by atoms with E-state index in [0.29, 0.717) is 28.6 Å². The summed E-state index contributed by atoms with van der Waals surface area (Å²) in [5.74, 6) is 1.44. The summed E-state index contributed by atoms with van der Waals surface area (Å²) in [7, 11) is 3.10. The van der Waals surface area contributed by atoms with Crippen molar-refractivity contribution in [2.45, 2.75) is 37.8 Å². The molecule has 0 unspecified atom stereocenters. The Hall–Kier alpha value is -3.55. The van der Waals surface area contributed by atoms with E-state index in [1.807, 2.05) is 23.1 Å². The molecule has 0 amide bonds. The summed E-state index contributed by atoms with van der Waals surface area (Å²) in [6.07, 6.45) is 4.88. The molecule has 31 heavy (non-hydrogen) atoms. The minimum absolute atomic E-state index is 0.129. The summed E-state index contributed by atoms with van der Waals surface area (Å²) >= 11 is 0. The highest BCUT2D eigenvalue weighted by molar-refractivity contribution is 6.11. The number of hydrogen-bond acceptors (Lipinski definition) is 8. The summed E-state index contributed by atoms with van der Waals surface area (Å²) in [5, 5.41) is 0. The summed E-state index contributed by atoms with van der Waals surface area (Å²) in [6.45, 7) is 0. The molecule has 2 aromatic rings. The number of nitrogens with two attached hydrogens (primary N) is 2. The van der Waals surface area contributed by atoms with E-state index >= 15 is 0 Å². The molecular weight excluding hydrogens is 394 g/mol. The molecule has 0 bridgehead atoms. The van der Waals surface area contributed by atoms with Crippen LogP contribution in [-0.4, -0.2) is 37.6 Å². The van der Waals surface area contributed by atoms with Crippen LogP contribution in [-0.2, 0) is 0 Å². The van der Waals surface area contributed by atoms with Gasteiger partial charge in [0.05, 0.1) is 14.2 Å². The number of hydrogen-bond donors (Lipinski definition) is 2. The number of ketones is 1. The maximum Gasteiger partial charge on any atom is 0.220 e. The number of aliphatic imine (C=N–C) groups is 2. The van der Waals surface area contributed by atoms with E-state index in [2.05, 4.69) is 4.99 Å². The smallest absolute Gasteiger partial charge is 0.220 e. The zero-order chi connectivity index (χ0) is 22.0. The van der Waals surface area contributed by atoms with Crippen LogP contribution in [0, 0.1) is 0 Å². The minimum atomic E-state index is -0.556. The quantitative estimate of drug-likeness (QED) is 0.717. The molecule has 1 aliphatic carbocycles. The first-order valence-electron chi connectivity index (χ1n) is 10.3. The molecule has 1 aliphatic heterocycles. The summed E-state index contributed by atoms with van der Waals surface area (Å²) in [6, 6.07) is 12.5. The third-order valence-corrected chi connectivity index (χ3v) is 5.86. The van der Waals surface area contributed by atoms with Gasteiger partial charge >= 0.3 is 0 Å². The largest absolute Gasteiger partial charge is 0.493 e. The molecule has 162 valence electrons. The molecule has 8 nitrogen and oxygen atoms in total. The zero-order valence-electron chi connectivity index (χ0n) is 17.8. The SMILES string of the molecule is COc1ccc(C(=O)c2cccc(N3C(N)=NC(N)=NC34CCCCC4)c2)cc1OC. The fraction of sp³-hybridized carbons (Fsp3) is 0.348. The molecule has 8 heteroatoms. The third-order valence-electron chi connectivity index (χ3n) is 5.86. The van der Waals surface area contributed by atoms with Crippen molar-refractivity contribution < 1.29 is 14.3 Å². The van der Waals surface area contributed by atoms with Gasteiger partial charge in [-0.2, -0.15) is 4.99 Å². The summed E-state index contributed by atoms with van der Waals surface area (Å²) < 4.78 is 10.6. The molecule has 1 fully saturated rings. The van der Waals surface area contributed by atoms with Gasteiger partial charge in [0.25, 0.3) is 0 Å². The highest BCUT2D eigenvalue weighted by Gasteiger charge is 2.42. The molecule has 1 saturated carbocycles. The number of nitrogens with zero attached hydrogens (tertiary/aromatic N) is 3. The molecule has 0 aromatic heterocycles. The van der Waals surface area contributed by atoms with Gasteiger partial charge in [-0.25, -0.2) is 4.99 Å². The highest BCUT2D eigenvalue weighted by Crippen LogP contribution is 2.39. The van der Waals surface area contributed by atoms with Crippen molar-refractivity contribution in [3.8, 4) is 11.5 Å². The molecule has 1 heterocycles. The first-order chi connectivity index (χ1) is 15.0. The Morgan fingerprint density at radius 3 is 2.39 bits per heavy atom. The normalized spacial score (nSPS) is 17.7. The van der Waals surface area contributed by atoms with Crippen molar-refractivity contribution >= 4 is 23.4 Å². The van der Waals surface area contributed by atoms with Crippen molar-refractivity contribution in [2.24, 2.45) is 21.5 Å². The molecule has 4 N–H and O–H groups in total. The second-order valence-corrected chi connectivity index (χ2v) is 7.77. The number of ether oxygens (including phenoxy) is 2. The highest BCUT2D eigenvalue weighted by atomic mass is 16.5. The number of anilines is 1. The molecule has 1 spiro atoms. The number of benzene rings is 2. The molecule has 2 aromatic carbocycles. The molecule has 0 saturated heterocycles. The standard InChI is InChI=1S/C23H27N5O3/c1-30-18-10-9-16(14-19(18)31-2)20(29)15-7-6-8-17(13-15)28-22(25)26-21(24)27-23(28)11-4-3-5-12-23/h6-10,13-14H,3-5,11-12H2,1-2H3,(H4,24,25,26,27). The predicted molar refractivity (Wildman–Crippen MR) is 121 cm³/mol. The zero-order valence-corrected chi connectivity index (χ0v) is 17.8. The van der Waals surface area contributed by atoms with Crippen LogP contribution in [0.4, 0.5) is 5.69 Å². The van der Waals surface area contributed by atoms with Crippen molar-refractivity contribution in [1.29, 1.82) is 0 Å². The van der Waals surface area contributed by atoms with Gasteiger partial charge in [0.2, 0.25) is 11.9 Å². The van der Waals surface area contributed by atoms with Gasteiger partial charge in [-0.1, -0.05) is 18.6 Å². The monoisotopic (exact) mass is 421 g/mol. The summed E-state index contributed by atoms with van der Waals surface area (Å²) in [5.41, 5.74) is 13.5.